The van der Waals surface area contributed by atoms with Crippen LogP contribution in [0, 0.1) is 6.92 Å². The van der Waals surface area contributed by atoms with Crippen molar-refractivity contribution in [3.05, 3.63) is 66.1 Å². The number of hydrogen-bond donors (Lipinski definition) is 2. The highest BCUT2D eigenvalue weighted by atomic mass is 16.2. The second kappa shape index (κ2) is 6.96. The van der Waals surface area contributed by atoms with Gasteiger partial charge in [0.25, 0.3) is 5.91 Å². The molecule has 2 heterocycles. The first kappa shape index (κ1) is 16.4. The molecular formula is C18H17N5O2. The zero-order chi connectivity index (χ0) is 17.8. The van der Waals surface area contributed by atoms with Crippen molar-refractivity contribution in [2.24, 2.45) is 0 Å². The summed E-state index contributed by atoms with van der Waals surface area (Å²) in [6.45, 7) is 3.29. The molecule has 2 N–H and O–H groups in total. The maximum absolute atomic E-state index is 12.6. The normalized spacial score (nSPS) is 10.3. The molecule has 1 aromatic carbocycles. The average Bonchev–Trinajstić information content (AvgIpc) is 3.11. The predicted molar refractivity (Wildman–Crippen MR) is 94.8 cm³/mol. The van der Waals surface area contributed by atoms with Crippen molar-refractivity contribution in [3.8, 4) is 5.82 Å². The summed E-state index contributed by atoms with van der Waals surface area (Å²) in [5, 5.41) is 9.70. The van der Waals surface area contributed by atoms with Gasteiger partial charge in [-0.05, 0) is 42.8 Å². The van der Waals surface area contributed by atoms with Crippen LogP contribution in [0.3, 0.4) is 0 Å². The highest BCUT2D eigenvalue weighted by Crippen LogP contribution is 2.20. The molecule has 0 fully saturated rings. The summed E-state index contributed by atoms with van der Waals surface area (Å²) in [6, 6.07) is 10.4. The van der Waals surface area contributed by atoms with Crippen LogP contribution in [-0.2, 0) is 4.79 Å². The lowest BCUT2D eigenvalue weighted by molar-refractivity contribution is -0.114. The van der Waals surface area contributed by atoms with Crippen molar-refractivity contribution >= 4 is 23.2 Å². The molecule has 0 aliphatic heterocycles. The summed E-state index contributed by atoms with van der Waals surface area (Å²) >= 11 is 0. The Morgan fingerprint density at radius 1 is 1.04 bits per heavy atom. The number of pyridine rings is 1. The quantitative estimate of drug-likeness (QED) is 0.767. The molecule has 0 saturated heterocycles. The molecule has 7 nitrogen and oxygen atoms in total. The van der Waals surface area contributed by atoms with Gasteiger partial charge in [-0.1, -0.05) is 6.07 Å². The summed E-state index contributed by atoms with van der Waals surface area (Å²) in [7, 11) is 0. The lowest BCUT2D eigenvalue weighted by Gasteiger charge is -2.12. The molecule has 0 unspecified atom stereocenters. The van der Waals surface area contributed by atoms with Crippen LogP contribution in [0.1, 0.15) is 22.8 Å². The molecule has 7 heteroatoms. The van der Waals surface area contributed by atoms with Gasteiger partial charge in [0.15, 0.2) is 5.82 Å². The van der Waals surface area contributed by atoms with Crippen molar-refractivity contribution in [2.75, 3.05) is 10.6 Å². The molecule has 0 bridgehead atoms. The molecule has 3 aromatic rings. The minimum Gasteiger partial charge on any atom is -0.326 e. The van der Waals surface area contributed by atoms with Crippen LogP contribution >= 0.6 is 0 Å². The number of anilines is 2. The number of amides is 2. The monoisotopic (exact) mass is 335 g/mol. The molecule has 0 radical (unpaired) electrons. The van der Waals surface area contributed by atoms with Crippen molar-refractivity contribution in [2.45, 2.75) is 13.8 Å². The third-order valence-corrected chi connectivity index (χ3v) is 3.57. The molecule has 0 saturated carbocycles. The maximum atomic E-state index is 12.6. The van der Waals surface area contributed by atoms with Crippen molar-refractivity contribution in [3.63, 3.8) is 0 Å². The molecule has 3 rings (SSSR count). The van der Waals surface area contributed by atoms with Gasteiger partial charge in [0.2, 0.25) is 5.91 Å². The highest BCUT2D eigenvalue weighted by molar-refractivity contribution is 6.06. The summed E-state index contributed by atoms with van der Waals surface area (Å²) < 4.78 is 1.58. The van der Waals surface area contributed by atoms with E-state index in [-0.39, 0.29) is 11.8 Å². The zero-order valence-corrected chi connectivity index (χ0v) is 13.9. The standard InChI is InChI=1S/C18H17N5O2/c1-12-6-7-14(11-16(12)21-13(2)24)18(25)22-15-5-3-8-19-17(15)23-10-4-9-20-23/h3-11H,1-2H3,(H,21,24)(H,22,25). The summed E-state index contributed by atoms with van der Waals surface area (Å²) in [6.07, 6.45) is 5.02. The van der Waals surface area contributed by atoms with Crippen LogP contribution < -0.4 is 10.6 Å². The summed E-state index contributed by atoms with van der Waals surface area (Å²) in [5.41, 5.74) is 2.46. The van der Waals surface area contributed by atoms with Gasteiger partial charge in [-0.25, -0.2) is 9.67 Å². The highest BCUT2D eigenvalue weighted by Gasteiger charge is 2.13. The van der Waals surface area contributed by atoms with Crippen molar-refractivity contribution in [1.29, 1.82) is 0 Å². The Morgan fingerprint density at radius 3 is 2.60 bits per heavy atom. The first-order valence-electron chi connectivity index (χ1n) is 7.69. The van der Waals surface area contributed by atoms with E-state index in [1.54, 1.807) is 59.7 Å². The Balaban J connectivity index is 1.88. The average molecular weight is 335 g/mol. The second-order valence-corrected chi connectivity index (χ2v) is 5.49. The topological polar surface area (TPSA) is 88.9 Å². The Kier molecular flexibility index (Phi) is 4.56. The van der Waals surface area contributed by atoms with Crippen LogP contribution in [0.25, 0.3) is 5.82 Å². The van der Waals surface area contributed by atoms with Gasteiger partial charge >= 0.3 is 0 Å². The zero-order valence-electron chi connectivity index (χ0n) is 13.9. The van der Waals surface area contributed by atoms with Gasteiger partial charge < -0.3 is 10.6 Å². The minimum atomic E-state index is -0.298. The van der Waals surface area contributed by atoms with Gasteiger partial charge in [-0.15, -0.1) is 0 Å². The van der Waals surface area contributed by atoms with Crippen LogP contribution in [0.4, 0.5) is 11.4 Å². The Hall–Kier alpha value is -3.48. The summed E-state index contributed by atoms with van der Waals surface area (Å²) in [4.78, 5) is 28.2. The number of benzene rings is 1. The molecule has 126 valence electrons. The van der Waals surface area contributed by atoms with Gasteiger partial charge in [0, 0.05) is 36.8 Å². The number of nitrogens with one attached hydrogen (secondary N) is 2. The van der Waals surface area contributed by atoms with E-state index in [1.165, 1.54) is 6.92 Å². The first-order chi connectivity index (χ1) is 12.0. The number of aryl methyl sites for hydroxylation is 1. The minimum absolute atomic E-state index is 0.186. The number of carbonyl (C=O) groups is 2. The number of hydrogen-bond acceptors (Lipinski definition) is 4. The third-order valence-electron chi connectivity index (χ3n) is 3.57. The maximum Gasteiger partial charge on any atom is 0.255 e. The van der Waals surface area contributed by atoms with E-state index in [4.69, 9.17) is 0 Å². The Bertz CT molecular complexity index is 919. The largest absolute Gasteiger partial charge is 0.326 e. The molecular weight excluding hydrogens is 318 g/mol. The molecule has 2 amide bonds. The van der Waals surface area contributed by atoms with Gasteiger partial charge in [0.1, 0.15) is 0 Å². The van der Waals surface area contributed by atoms with E-state index in [0.717, 1.165) is 5.56 Å². The molecule has 0 atom stereocenters. The lowest BCUT2D eigenvalue weighted by atomic mass is 10.1. The van der Waals surface area contributed by atoms with E-state index in [0.29, 0.717) is 22.8 Å². The first-order valence-corrected chi connectivity index (χ1v) is 7.69. The van der Waals surface area contributed by atoms with E-state index in [1.807, 2.05) is 6.92 Å². The molecule has 25 heavy (non-hydrogen) atoms. The number of rotatable bonds is 4. The van der Waals surface area contributed by atoms with E-state index >= 15 is 0 Å². The van der Waals surface area contributed by atoms with Crippen LogP contribution in [0.15, 0.2) is 55.0 Å². The fraction of sp³-hybridized carbons (Fsp3) is 0.111. The van der Waals surface area contributed by atoms with E-state index in [2.05, 4.69) is 20.7 Å². The number of nitrogens with zero attached hydrogens (tertiary/aromatic N) is 3. The number of aromatic nitrogens is 3. The van der Waals surface area contributed by atoms with E-state index in [9.17, 15) is 9.59 Å². The van der Waals surface area contributed by atoms with Crippen LogP contribution in [-0.4, -0.2) is 26.6 Å². The fourth-order valence-electron chi connectivity index (χ4n) is 2.35. The van der Waals surface area contributed by atoms with Gasteiger partial charge in [-0.2, -0.15) is 5.10 Å². The molecule has 2 aromatic heterocycles. The van der Waals surface area contributed by atoms with E-state index < -0.39 is 0 Å². The third kappa shape index (κ3) is 3.72. The van der Waals surface area contributed by atoms with Gasteiger partial charge in [-0.3, -0.25) is 9.59 Å². The molecule has 0 aliphatic rings. The SMILES string of the molecule is CC(=O)Nc1cc(C(=O)Nc2cccnc2-n2cccn2)ccc1C. The van der Waals surface area contributed by atoms with Crippen LogP contribution in [0.5, 0.6) is 0 Å². The number of carbonyl (C=O) groups excluding carboxylic acids is 2. The van der Waals surface area contributed by atoms with Gasteiger partial charge in [0.05, 0.1) is 5.69 Å². The smallest absolute Gasteiger partial charge is 0.255 e. The fourth-order valence-corrected chi connectivity index (χ4v) is 2.35. The van der Waals surface area contributed by atoms with Crippen LogP contribution in [0.2, 0.25) is 0 Å². The Morgan fingerprint density at radius 2 is 1.88 bits per heavy atom. The van der Waals surface area contributed by atoms with Crippen molar-refractivity contribution in [1.82, 2.24) is 14.8 Å². The Labute approximate surface area is 144 Å². The molecule has 0 spiro atoms. The predicted octanol–water partition coefficient (Wildman–Crippen LogP) is 2.79. The van der Waals surface area contributed by atoms with Crippen molar-refractivity contribution < 1.29 is 9.59 Å². The summed E-state index contributed by atoms with van der Waals surface area (Å²) in [5.74, 6) is 0.0388. The lowest BCUT2D eigenvalue weighted by Crippen LogP contribution is -2.16. The molecule has 0 aliphatic carbocycles. The second-order valence-electron chi connectivity index (χ2n) is 5.49.